The van der Waals surface area contributed by atoms with Crippen molar-refractivity contribution < 1.29 is 18.0 Å². The first-order valence-electron chi connectivity index (χ1n) is 9.99. The number of amides is 1. The van der Waals surface area contributed by atoms with E-state index >= 15 is 0 Å². The van der Waals surface area contributed by atoms with E-state index in [1.807, 2.05) is 0 Å². The van der Waals surface area contributed by atoms with Crippen molar-refractivity contribution in [3.63, 3.8) is 0 Å². The molecule has 0 aliphatic heterocycles. The Morgan fingerprint density at radius 2 is 2.19 bits per heavy atom. The zero-order chi connectivity index (χ0) is 23.0. The Balaban J connectivity index is 1.60. The van der Waals surface area contributed by atoms with Crippen LogP contribution in [-0.2, 0) is 30.4 Å². The number of hydrogen-bond donors (Lipinski definition) is 1. The second kappa shape index (κ2) is 8.74. The molecule has 0 spiro atoms. The van der Waals surface area contributed by atoms with Gasteiger partial charge in [-0.1, -0.05) is 23.9 Å². The molecule has 1 aliphatic carbocycles. The van der Waals surface area contributed by atoms with Crippen LogP contribution in [0.2, 0.25) is 0 Å². The Labute approximate surface area is 190 Å². The maximum atomic E-state index is 13.2. The Bertz CT molecular complexity index is 1260. The van der Waals surface area contributed by atoms with Gasteiger partial charge < -0.3 is 5.32 Å². The number of halogens is 3. The number of carbonyl (C=O) groups is 1. The zero-order valence-corrected chi connectivity index (χ0v) is 18.8. The molecule has 1 aliphatic rings. The van der Waals surface area contributed by atoms with Gasteiger partial charge in [-0.25, -0.2) is 4.98 Å². The summed E-state index contributed by atoms with van der Waals surface area (Å²) < 4.78 is 40.3. The minimum Gasteiger partial charge on any atom is -0.325 e. The normalized spacial score (nSPS) is 14.4. The van der Waals surface area contributed by atoms with Crippen LogP contribution in [-0.4, -0.2) is 20.7 Å². The van der Waals surface area contributed by atoms with Crippen LogP contribution in [0.5, 0.6) is 0 Å². The van der Waals surface area contributed by atoms with Crippen molar-refractivity contribution in [3.05, 3.63) is 63.3 Å². The van der Waals surface area contributed by atoms with E-state index in [4.69, 9.17) is 0 Å². The highest BCUT2D eigenvalue weighted by Crippen LogP contribution is 2.36. The first-order chi connectivity index (χ1) is 15.2. The molecular weight excluding hydrogens is 459 g/mol. The number of carbonyl (C=O) groups excluding carboxylic acids is 1. The third-order valence-corrected chi connectivity index (χ3v) is 7.49. The van der Waals surface area contributed by atoms with Crippen LogP contribution >= 0.6 is 23.1 Å². The summed E-state index contributed by atoms with van der Waals surface area (Å²) in [4.78, 5) is 32.4. The van der Waals surface area contributed by atoms with E-state index in [-0.39, 0.29) is 17.8 Å². The Morgan fingerprint density at radius 1 is 1.41 bits per heavy atom. The third kappa shape index (κ3) is 4.33. The molecule has 4 rings (SSSR count). The number of alkyl halides is 3. The average Bonchev–Trinajstić information content (AvgIpc) is 3.31. The summed E-state index contributed by atoms with van der Waals surface area (Å²) in [6.45, 7) is 5.58. The monoisotopic (exact) mass is 479 g/mol. The van der Waals surface area contributed by atoms with E-state index in [1.165, 1.54) is 32.9 Å². The van der Waals surface area contributed by atoms with Crippen molar-refractivity contribution in [2.24, 2.45) is 0 Å². The fraction of sp³-hybridized carbons (Fsp3) is 0.318. The molecule has 10 heteroatoms. The van der Waals surface area contributed by atoms with E-state index in [0.29, 0.717) is 15.4 Å². The molecule has 1 atom stereocenters. The van der Waals surface area contributed by atoms with Gasteiger partial charge in [-0.15, -0.1) is 17.9 Å². The molecule has 0 saturated carbocycles. The predicted octanol–water partition coefficient (Wildman–Crippen LogP) is 5.27. The Hall–Kier alpha value is -2.59. The van der Waals surface area contributed by atoms with Crippen LogP contribution in [0.25, 0.3) is 10.2 Å². The molecule has 0 unspecified atom stereocenters. The van der Waals surface area contributed by atoms with Gasteiger partial charge in [-0.3, -0.25) is 14.2 Å². The fourth-order valence-corrected chi connectivity index (χ4v) is 5.89. The number of benzene rings is 1. The van der Waals surface area contributed by atoms with E-state index < -0.39 is 22.9 Å². The lowest BCUT2D eigenvalue weighted by atomic mass is 10.2. The lowest BCUT2D eigenvalue weighted by Crippen LogP contribution is -2.27. The molecule has 1 N–H and O–H groups in total. The largest absolute Gasteiger partial charge is 0.416 e. The summed E-state index contributed by atoms with van der Waals surface area (Å²) in [6.07, 6.45) is -0.0689. The summed E-state index contributed by atoms with van der Waals surface area (Å²) in [6, 6.07) is 4.47. The number of aromatic nitrogens is 2. The van der Waals surface area contributed by atoms with Gasteiger partial charge in [0.15, 0.2) is 5.16 Å². The molecule has 3 aromatic rings. The predicted molar refractivity (Wildman–Crippen MR) is 121 cm³/mol. The first kappa shape index (κ1) is 22.6. The molecule has 0 bridgehead atoms. The Morgan fingerprint density at radius 3 is 2.91 bits per heavy atom. The highest BCUT2D eigenvalue weighted by atomic mass is 32.2. The molecule has 1 amide bonds. The zero-order valence-electron chi connectivity index (χ0n) is 17.2. The van der Waals surface area contributed by atoms with Crippen molar-refractivity contribution in [2.45, 2.75) is 49.3 Å². The molecule has 5 nitrogen and oxygen atoms in total. The average molecular weight is 480 g/mol. The minimum atomic E-state index is -4.50. The third-order valence-electron chi connectivity index (χ3n) is 5.21. The number of anilines is 1. The minimum absolute atomic E-state index is 0.0545. The van der Waals surface area contributed by atoms with Crippen LogP contribution in [0, 0.1) is 0 Å². The van der Waals surface area contributed by atoms with Crippen molar-refractivity contribution in [2.75, 3.05) is 5.32 Å². The van der Waals surface area contributed by atoms with Gasteiger partial charge in [0.05, 0.1) is 16.2 Å². The number of allylic oxidation sites excluding steroid dienone is 1. The molecule has 0 radical (unpaired) electrons. The molecule has 2 heterocycles. The van der Waals surface area contributed by atoms with Crippen molar-refractivity contribution in [1.29, 1.82) is 0 Å². The summed E-state index contributed by atoms with van der Waals surface area (Å²) in [7, 11) is 0. The molecule has 32 heavy (non-hydrogen) atoms. The van der Waals surface area contributed by atoms with Gasteiger partial charge >= 0.3 is 6.18 Å². The highest BCUT2D eigenvalue weighted by Gasteiger charge is 2.31. The number of aryl methyl sites for hydroxylation is 2. The van der Waals surface area contributed by atoms with E-state index in [2.05, 4.69) is 16.9 Å². The number of fused-ring (bicyclic) bond motifs is 3. The fourth-order valence-electron chi connectivity index (χ4n) is 3.67. The summed E-state index contributed by atoms with van der Waals surface area (Å²) in [5, 5.41) is 2.85. The molecule has 0 fully saturated rings. The van der Waals surface area contributed by atoms with Crippen LogP contribution in [0.1, 0.15) is 29.3 Å². The lowest BCUT2D eigenvalue weighted by Gasteiger charge is -2.15. The number of hydrogen-bond acceptors (Lipinski definition) is 5. The van der Waals surface area contributed by atoms with E-state index in [9.17, 15) is 22.8 Å². The Kier molecular flexibility index (Phi) is 6.17. The van der Waals surface area contributed by atoms with Crippen LogP contribution in [0.4, 0.5) is 18.9 Å². The molecular formula is C22H20F3N3O2S2. The second-order valence-electron chi connectivity index (χ2n) is 7.46. The number of rotatable bonds is 6. The van der Waals surface area contributed by atoms with Gasteiger partial charge in [-0.05, 0) is 49.9 Å². The maximum Gasteiger partial charge on any atom is 0.416 e. The summed E-state index contributed by atoms with van der Waals surface area (Å²) in [5.41, 5.74) is 0.140. The smallest absolute Gasteiger partial charge is 0.325 e. The molecule has 0 saturated heterocycles. The number of nitrogens with zero attached hydrogens (tertiary/aromatic N) is 2. The lowest BCUT2D eigenvalue weighted by molar-refractivity contribution is -0.137. The standard InChI is InChI=1S/C22H20F3N3O2S2/c1-3-10-28-20(30)17-15-8-5-9-16(15)32-19(17)27-21(28)31-12(2)18(29)26-14-7-4-6-13(11-14)22(23,24)25/h3-4,6-7,11-12H,1,5,8-10H2,2H3,(H,26,29)/t12-/m0/s1. The van der Waals surface area contributed by atoms with Crippen molar-refractivity contribution >= 4 is 44.9 Å². The van der Waals surface area contributed by atoms with Gasteiger partial charge in [0, 0.05) is 17.1 Å². The van der Waals surface area contributed by atoms with Gasteiger partial charge in [0.1, 0.15) is 4.83 Å². The van der Waals surface area contributed by atoms with Gasteiger partial charge in [0.2, 0.25) is 5.91 Å². The molecule has 2 aromatic heterocycles. The quantitative estimate of drug-likeness (QED) is 0.297. The van der Waals surface area contributed by atoms with E-state index in [0.717, 1.165) is 48.7 Å². The number of nitrogens with one attached hydrogen (secondary N) is 1. The maximum absolute atomic E-state index is 13.2. The summed E-state index contributed by atoms with van der Waals surface area (Å²) >= 11 is 2.61. The van der Waals surface area contributed by atoms with Crippen molar-refractivity contribution in [3.8, 4) is 0 Å². The number of thiophene rings is 1. The van der Waals surface area contributed by atoms with Crippen molar-refractivity contribution in [1.82, 2.24) is 9.55 Å². The van der Waals surface area contributed by atoms with Crippen LogP contribution < -0.4 is 10.9 Å². The molecule has 168 valence electrons. The topological polar surface area (TPSA) is 64.0 Å². The van der Waals surface area contributed by atoms with E-state index in [1.54, 1.807) is 13.0 Å². The number of thioether (sulfide) groups is 1. The second-order valence-corrected chi connectivity index (χ2v) is 9.86. The van der Waals surface area contributed by atoms with Crippen LogP contribution in [0.3, 0.4) is 0 Å². The van der Waals surface area contributed by atoms with Crippen LogP contribution in [0.15, 0.2) is 46.9 Å². The highest BCUT2D eigenvalue weighted by molar-refractivity contribution is 8.00. The molecule has 1 aromatic carbocycles. The van der Waals surface area contributed by atoms with Gasteiger partial charge in [-0.2, -0.15) is 13.2 Å². The first-order valence-corrected chi connectivity index (χ1v) is 11.7. The SMILES string of the molecule is C=CCn1c(S[C@@H](C)C(=O)Nc2cccc(C(F)(F)F)c2)nc2sc3c(c2c1=O)CCC3. The summed E-state index contributed by atoms with van der Waals surface area (Å²) in [5.74, 6) is -0.484. The van der Waals surface area contributed by atoms with Gasteiger partial charge in [0.25, 0.3) is 5.56 Å².